The van der Waals surface area contributed by atoms with Gasteiger partial charge in [-0.3, -0.25) is 15.0 Å². The molecule has 3 fully saturated rings. The number of nitrogens with one attached hydrogen (secondary N) is 3. The van der Waals surface area contributed by atoms with Gasteiger partial charge in [-0.2, -0.15) is 15.8 Å². The monoisotopic (exact) mass is 1240 g/mol. The number of fused-ring (bicyclic) bond motifs is 6. The molecule has 0 saturated heterocycles. The van der Waals surface area contributed by atoms with Gasteiger partial charge in [0, 0.05) is 139 Å². The third kappa shape index (κ3) is 11.2. The first-order valence-electron chi connectivity index (χ1n) is 33.9. The molecule has 6 aromatic heterocycles. The molecule has 1 atom stereocenters. The van der Waals surface area contributed by atoms with E-state index in [0.717, 1.165) is 219 Å². The van der Waals surface area contributed by atoms with Gasteiger partial charge in [-0.1, -0.05) is 0 Å². The van der Waals surface area contributed by atoms with Crippen molar-refractivity contribution in [1.29, 1.82) is 15.8 Å². The summed E-state index contributed by atoms with van der Waals surface area (Å²) in [6, 6.07) is 27.5. The van der Waals surface area contributed by atoms with E-state index in [2.05, 4.69) is 163 Å². The van der Waals surface area contributed by atoms with Gasteiger partial charge in [0.25, 0.3) is 0 Å². The lowest BCUT2D eigenvalue weighted by atomic mass is 9.88. The Hall–Kier alpha value is -8.94. The van der Waals surface area contributed by atoms with E-state index in [1.807, 2.05) is 45.4 Å². The van der Waals surface area contributed by atoms with Crippen LogP contribution in [-0.4, -0.2) is 68.7 Å². The van der Waals surface area contributed by atoms with Crippen molar-refractivity contribution in [3.8, 4) is 51.6 Å². The lowest BCUT2D eigenvalue weighted by Gasteiger charge is -2.40. The Labute approximate surface area is 545 Å². The largest absolute Gasteiger partial charge is 0.488 e. The molecule has 15 heteroatoms. The summed E-state index contributed by atoms with van der Waals surface area (Å²) >= 11 is 0. The molecule has 15 nitrogen and oxygen atoms in total. The Morgan fingerprint density at radius 1 is 0.516 bits per heavy atom. The predicted octanol–water partition coefficient (Wildman–Crippen LogP) is 17.5. The Bertz CT molecular complexity index is 4660. The van der Waals surface area contributed by atoms with Crippen molar-refractivity contribution in [2.45, 2.75) is 218 Å². The average Bonchev–Trinajstić information content (AvgIpc) is 1.67. The molecular formula is C78H84N12O3. The minimum absolute atomic E-state index is 0.00323. The number of ether oxygens (including phenoxy) is 2. The molecule has 1 unspecified atom stereocenters. The zero-order valence-electron chi connectivity index (χ0n) is 55.2. The molecule has 9 heterocycles. The lowest BCUT2D eigenvalue weighted by molar-refractivity contribution is -0.0501. The van der Waals surface area contributed by atoms with Gasteiger partial charge in [0.1, 0.15) is 17.6 Å². The highest BCUT2D eigenvalue weighted by molar-refractivity contribution is 6.00. The van der Waals surface area contributed by atoms with Gasteiger partial charge in [0.05, 0.1) is 87.2 Å². The fourth-order valence-electron chi connectivity index (χ4n) is 16.5. The van der Waals surface area contributed by atoms with Crippen LogP contribution in [0.25, 0.3) is 71.8 Å². The van der Waals surface area contributed by atoms with E-state index in [9.17, 15) is 20.9 Å². The Morgan fingerprint density at radius 3 is 1.48 bits per heavy atom. The summed E-state index contributed by atoms with van der Waals surface area (Å²) in [5.41, 5.74) is 19.8. The molecule has 3 aliphatic carbocycles. The predicted molar refractivity (Wildman–Crippen MR) is 369 cm³/mol. The number of rotatable bonds is 10. The van der Waals surface area contributed by atoms with Crippen LogP contribution < -0.4 is 16.0 Å². The molecule has 0 spiro atoms. The molecule has 3 aliphatic heterocycles. The first kappa shape index (κ1) is 60.3. The molecule has 0 amide bonds. The zero-order chi connectivity index (χ0) is 64.4. The number of aliphatic hydroxyl groups is 1. The quantitative estimate of drug-likeness (QED) is 0.101. The van der Waals surface area contributed by atoms with Crippen molar-refractivity contribution in [3.05, 3.63) is 148 Å². The SMILES string of the molecule is Cc1cc2c(cc1C#N)c(-c1cnc3c(c1)NC(C)(C)CC3OC1CCC(n3cc(-c4cnc5c(c4)NC(C)(C)C=C5OC4CCC(n5cc(-c6cnc7c(c6)NC(C)(C)CC7)c6cc(C#N)c(C)cc65)CC4)c4cc(C#N)c(C)cc43)CC1)cn2C1CCC(O)CC1. The summed E-state index contributed by atoms with van der Waals surface area (Å²) in [6.45, 7) is 19.4. The van der Waals surface area contributed by atoms with Crippen LogP contribution in [-0.2, 0) is 15.9 Å². The highest BCUT2D eigenvalue weighted by Crippen LogP contribution is 2.48. The minimum Gasteiger partial charge on any atom is -0.488 e. The standard InChI is InChI=1S/C78H84N12O3/c1-44-24-69-60(28-48(44)36-80)63(42-88(69)53-10-16-56(91)17-11-53)51-31-67-74(83-39-51)72(33-77(6,7)86-67)93-58-20-14-55(15-21-58)90-43-64(61-29-49(37-81)46(3)26-71(61)90)52-32-68-75(84-40-52)73(34-78(8,9)87-68)92-57-18-12-54(13-19-57)89-41-62(59-27-47(35-79)45(2)25-70(59)89)50-30-66-65(82-38-50)22-23-76(4,5)85-66/h24-32,34,38-43,53-58,72,85-87,91H,10-23,33H2,1-9H3. The maximum Gasteiger partial charge on any atom is 0.145 e. The lowest BCUT2D eigenvalue weighted by Crippen LogP contribution is -2.39. The highest BCUT2D eigenvalue weighted by atomic mass is 16.5. The van der Waals surface area contributed by atoms with Gasteiger partial charge in [-0.15, -0.1) is 0 Å². The molecule has 3 aromatic carbocycles. The van der Waals surface area contributed by atoms with Crippen LogP contribution in [0.5, 0.6) is 0 Å². The average molecular weight is 1240 g/mol. The maximum absolute atomic E-state index is 10.4. The number of nitrogens with zero attached hydrogens (tertiary/aromatic N) is 9. The van der Waals surface area contributed by atoms with E-state index >= 15 is 0 Å². The van der Waals surface area contributed by atoms with E-state index in [1.165, 1.54) is 0 Å². The van der Waals surface area contributed by atoms with Gasteiger partial charge < -0.3 is 44.2 Å². The Morgan fingerprint density at radius 2 is 0.968 bits per heavy atom. The van der Waals surface area contributed by atoms with Crippen molar-refractivity contribution < 1.29 is 14.6 Å². The third-order valence-electron chi connectivity index (χ3n) is 21.5. The number of aromatic nitrogens is 6. The topological polar surface area (TPSA) is 200 Å². The maximum atomic E-state index is 10.4. The second-order valence-electron chi connectivity index (χ2n) is 29.9. The molecule has 0 radical (unpaired) electrons. The molecule has 15 rings (SSSR count). The van der Waals surface area contributed by atoms with Crippen molar-refractivity contribution in [2.24, 2.45) is 0 Å². The smallest absolute Gasteiger partial charge is 0.145 e. The molecule has 93 heavy (non-hydrogen) atoms. The summed E-state index contributed by atoms with van der Waals surface area (Å²) in [7, 11) is 0. The van der Waals surface area contributed by atoms with Crippen LogP contribution in [0.1, 0.15) is 206 Å². The van der Waals surface area contributed by atoms with Crippen molar-refractivity contribution in [1.82, 2.24) is 28.7 Å². The second-order valence-corrected chi connectivity index (χ2v) is 29.9. The van der Waals surface area contributed by atoms with Crippen LogP contribution in [0.2, 0.25) is 0 Å². The van der Waals surface area contributed by atoms with E-state index in [-0.39, 0.29) is 53.6 Å². The normalized spacial score (nSPS) is 23.6. The summed E-state index contributed by atoms with van der Waals surface area (Å²) in [6.07, 6.45) is 28.2. The van der Waals surface area contributed by atoms with Crippen LogP contribution >= 0.6 is 0 Å². The number of anilines is 3. The van der Waals surface area contributed by atoms with Crippen LogP contribution in [0.4, 0.5) is 17.1 Å². The molecule has 6 aliphatic rings. The minimum atomic E-state index is -0.408. The number of hydrogen-bond acceptors (Lipinski definition) is 12. The zero-order valence-corrected chi connectivity index (χ0v) is 55.2. The molecule has 4 N–H and O–H groups in total. The van der Waals surface area contributed by atoms with Crippen molar-refractivity contribution >= 4 is 55.5 Å². The van der Waals surface area contributed by atoms with E-state index < -0.39 is 5.54 Å². The Balaban J connectivity index is 0.652. The molecular weight excluding hydrogens is 1150 g/mol. The molecule has 3 saturated carbocycles. The van der Waals surface area contributed by atoms with Gasteiger partial charge >= 0.3 is 0 Å². The molecule has 9 aromatic rings. The number of hydrogen-bond donors (Lipinski definition) is 4. The van der Waals surface area contributed by atoms with Crippen LogP contribution in [0.3, 0.4) is 0 Å². The molecule has 0 bridgehead atoms. The summed E-state index contributed by atoms with van der Waals surface area (Å²) in [4.78, 5) is 15.4. The Kier molecular flexibility index (Phi) is 14.9. The fourth-order valence-corrected chi connectivity index (χ4v) is 16.5. The number of aryl methyl sites for hydroxylation is 4. The van der Waals surface area contributed by atoms with Gasteiger partial charge in [-0.05, 0) is 230 Å². The summed E-state index contributed by atoms with van der Waals surface area (Å²) in [5, 5.41) is 55.6. The first-order valence-corrected chi connectivity index (χ1v) is 33.9. The van der Waals surface area contributed by atoms with Crippen molar-refractivity contribution in [3.63, 3.8) is 0 Å². The van der Waals surface area contributed by atoms with Crippen LogP contribution in [0, 0.1) is 54.8 Å². The number of benzene rings is 3. The van der Waals surface area contributed by atoms with Gasteiger partial charge in [0.15, 0.2) is 0 Å². The second kappa shape index (κ2) is 23.0. The number of aliphatic hydroxyl groups excluding tert-OH is 1. The summed E-state index contributed by atoms with van der Waals surface area (Å²) in [5.74, 6) is 0.804. The third-order valence-corrected chi connectivity index (χ3v) is 21.5. The van der Waals surface area contributed by atoms with E-state index in [4.69, 9.17) is 24.4 Å². The van der Waals surface area contributed by atoms with E-state index in [0.29, 0.717) is 16.7 Å². The fraction of sp³-hybridized carbons (Fsp3) is 0.436. The van der Waals surface area contributed by atoms with E-state index in [1.54, 1.807) is 0 Å². The number of nitriles is 3. The van der Waals surface area contributed by atoms with Gasteiger partial charge in [0.2, 0.25) is 0 Å². The van der Waals surface area contributed by atoms with Crippen molar-refractivity contribution in [2.75, 3.05) is 16.0 Å². The highest BCUT2D eigenvalue weighted by Gasteiger charge is 2.38. The van der Waals surface area contributed by atoms with Crippen LogP contribution in [0.15, 0.2) is 97.9 Å². The first-order chi connectivity index (χ1) is 44.7. The number of pyridine rings is 3. The summed E-state index contributed by atoms with van der Waals surface area (Å²) < 4.78 is 21.6. The van der Waals surface area contributed by atoms with Gasteiger partial charge in [-0.25, -0.2) is 0 Å². The molecule has 474 valence electrons.